The lowest BCUT2D eigenvalue weighted by Gasteiger charge is -2.05. The molecule has 0 amide bonds. The summed E-state index contributed by atoms with van der Waals surface area (Å²) in [5.41, 5.74) is -0.103. The van der Waals surface area contributed by atoms with Gasteiger partial charge in [0.2, 0.25) is 0 Å². The van der Waals surface area contributed by atoms with E-state index in [0.29, 0.717) is 24.7 Å². The maximum Gasteiger partial charge on any atom is 0.252 e. The number of nitrogens with zero attached hydrogens (tertiary/aromatic N) is 3. The molecule has 1 aliphatic rings. The van der Waals surface area contributed by atoms with Gasteiger partial charge in [0.25, 0.3) is 5.56 Å². The Morgan fingerprint density at radius 2 is 2.33 bits per heavy atom. The van der Waals surface area contributed by atoms with Crippen LogP contribution in [0.2, 0.25) is 0 Å². The largest absolute Gasteiger partial charge is 0.369 e. The van der Waals surface area contributed by atoms with Crippen LogP contribution in [0.3, 0.4) is 0 Å². The van der Waals surface area contributed by atoms with Crippen LogP contribution in [0.1, 0.15) is 30.4 Å². The molecule has 0 aromatic carbocycles. The van der Waals surface area contributed by atoms with Crippen molar-refractivity contribution >= 4 is 5.82 Å². The van der Waals surface area contributed by atoms with Crippen LogP contribution in [-0.2, 0) is 6.42 Å². The summed E-state index contributed by atoms with van der Waals surface area (Å²) >= 11 is 0. The highest BCUT2D eigenvalue weighted by Gasteiger charge is 2.26. The molecule has 1 fully saturated rings. The Hall–Kier alpha value is -2.18. The minimum Gasteiger partial charge on any atom is -0.369 e. The van der Waals surface area contributed by atoms with Gasteiger partial charge in [-0.15, -0.1) is 0 Å². The highest BCUT2D eigenvalue weighted by Crippen LogP contribution is 2.37. The zero-order chi connectivity index (χ0) is 12.4. The first-order valence-corrected chi connectivity index (χ1v) is 6.00. The van der Waals surface area contributed by atoms with E-state index in [4.69, 9.17) is 0 Å². The van der Waals surface area contributed by atoms with E-state index in [1.165, 1.54) is 12.4 Å². The van der Waals surface area contributed by atoms with Crippen molar-refractivity contribution in [2.75, 3.05) is 11.9 Å². The Morgan fingerprint density at radius 1 is 1.44 bits per heavy atom. The zero-order valence-corrected chi connectivity index (χ0v) is 9.81. The van der Waals surface area contributed by atoms with Gasteiger partial charge >= 0.3 is 0 Å². The van der Waals surface area contributed by atoms with Crippen LogP contribution < -0.4 is 10.9 Å². The summed E-state index contributed by atoms with van der Waals surface area (Å²) in [4.78, 5) is 22.7. The van der Waals surface area contributed by atoms with Crippen molar-refractivity contribution in [1.29, 1.82) is 0 Å². The maximum atomic E-state index is 11.5. The molecule has 7 nitrogen and oxygen atoms in total. The lowest BCUT2D eigenvalue weighted by Crippen LogP contribution is -2.15. The minimum absolute atomic E-state index is 0.103. The zero-order valence-electron chi connectivity index (χ0n) is 9.81. The Kier molecular flexibility index (Phi) is 2.79. The van der Waals surface area contributed by atoms with Crippen molar-refractivity contribution in [3.05, 3.63) is 34.4 Å². The van der Waals surface area contributed by atoms with Gasteiger partial charge in [-0.25, -0.2) is 9.97 Å². The van der Waals surface area contributed by atoms with Crippen LogP contribution in [0.15, 0.2) is 17.2 Å². The molecular formula is C11H14N6O. The predicted octanol–water partition coefficient (Wildman–Crippen LogP) is 0.420. The van der Waals surface area contributed by atoms with E-state index in [9.17, 15) is 4.79 Å². The van der Waals surface area contributed by atoms with Gasteiger partial charge in [0.15, 0.2) is 0 Å². The molecule has 0 atom stereocenters. The molecular weight excluding hydrogens is 232 g/mol. The summed E-state index contributed by atoms with van der Waals surface area (Å²) in [5, 5.41) is 9.69. The lowest BCUT2D eigenvalue weighted by molar-refractivity contribution is 0.876. The molecule has 2 heterocycles. The standard InChI is InChI=1S/C11H14N6O/c18-10-5-9(15-11(16-10)7-1-2-7)12-4-3-8-13-6-14-17-8/h5-7H,1-4H2,(H,13,14,17)(H2,12,15,16,18). The number of anilines is 1. The Morgan fingerprint density at radius 3 is 3.06 bits per heavy atom. The van der Waals surface area contributed by atoms with Crippen molar-refractivity contribution < 1.29 is 0 Å². The predicted molar refractivity (Wildman–Crippen MR) is 65.4 cm³/mol. The summed E-state index contributed by atoms with van der Waals surface area (Å²) < 4.78 is 0. The second-order valence-electron chi connectivity index (χ2n) is 4.40. The molecule has 3 N–H and O–H groups in total. The Bertz CT molecular complexity index is 571. The maximum absolute atomic E-state index is 11.5. The molecule has 0 radical (unpaired) electrons. The number of hydrogen-bond acceptors (Lipinski definition) is 5. The van der Waals surface area contributed by atoms with Crippen LogP contribution in [0, 0.1) is 0 Å². The van der Waals surface area contributed by atoms with Crippen LogP contribution in [0.4, 0.5) is 5.82 Å². The fraction of sp³-hybridized carbons (Fsp3) is 0.455. The summed E-state index contributed by atoms with van der Waals surface area (Å²) in [7, 11) is 0. The van der Waals surface area contributed by atoms with E-state index in [2.05, 4.69) is 30.5 Å². The highest BCUT2D eigenvalue weighted by molar-refractivity contribution is 5.34. The number of rotatable bonds is 5. The molecule has 18 heavy (non-hydrogen) atoms. The van der Waals surface area contributed by atoms with Gasteiger partial charge in [0.05, 0.1) is 0 Å². The molecule has 0 saturated heterocycles. The van der Waals surface area contributed by atoms with E-state index >= 15 is 0 Å². The number of nitrogens with one attached hydrogen (secondary N) is 3. The van der Waals surface area contributed by atoms with Crippen molar-refractivity contribution in [2.24, 2.45) is 0 Å². The van der Waals surface area contributed by atoms with Crippen LogP contribution in [0.5, 0.6) is 0 Å². The smallest absolute Gasteiger partial charge is 0.252 e. The number of H-pyrrole nitrogens is 2. The van der Waals surface area contributed by atoms with E-state index in [-0.39, 0.29) is 5.56 Å². The molecule has 1 aliphatic carbocycles. The third kappa shape index (κ3) is 2.55. The Labute approximate surface area is 103 Å². The second-order valence-corrected chi connectivity index (χ2v) is 4.40. The normalized spacial score (nSPS) is 14.7. The highest BCUT2D eigenvalue weighted by atomic mass is 16.1. The quantitative estimate of drug-likeness (QED) is 0.710. The first kappa shape index (κ1) is 10.9. The molecule has 3 rings (SSSR count). The van der Waals surface area contributed by atoms with Gasteiger partial charge in [-0.1, -0.05) is 0 Å². The number of hydrogen-bond donors (Lipinski definition) is 3. The lowest BCUT2D eigenvalue weighted by atomic mass is 10.3. The first-order chi connectivity index (χ1) is 8.81. The van der Waals surface area contributed by atoms with Crippen molar-refractivity contribution in [2.45, 2.75) is 25.2 Å². The van der Waals surface area contributed by atoms with Gasteiger partial charge in [-0.2, -0.15) is 5.10 Å². The summed E-state index contributed by atoms with van der Waals surface area (Å²) in [5.74, 6) is 2.67. The van der Waals surface area contributed by atoms with Gasteiger partial charge < -0.3 is 10.3 Å². The summed E-state index contributed by atoms with van der Waals surface area (Å²) in [6.07, 6.45) is 4.42. The summed E-state index contributed by atoms with van der Waals surface area (Å²) in [6.45, 7) is 0.662. The van der Waals surface area contributed by atoms with E-state index in [0.717, 1.165) is 24.5 Å². The molecule has 7 heteroatoms. The van der Waals surface area contributed by atoms with Gasteiger partial charge in [0.1, 0.15) is 23.8 Å². The van der Waals surface area contributed by atoms with E-state index < -0.39 is 0 Å². The van der Waals surface area contributed by atoms with Crippen LogP contribution in [-0.4, -0.2) is 31.7 Å². The van der Waals surface area contributed by atoms with Gasteiger partial charge in [-0.3, -0.25) is 9.89 Å². The van der Waals surface area contributed by atoms with Gasteiger partial charge in [-0.05, 0) is 12.8 Å². The monoisotopic (exact) mass is 246 g/mol. The number of aromatic nitrogens is 5. The average molecular weight is 246 g/mol. The van der Waals surface area contributed by atoms with E-state index in [1.54, 1.807) is 0 Å². The van der Waals surface area contributed by atoms with E-state index in [1.807, 2.05) is 0 Å². The van der Waals surface area contributed by atoms with Crippen molar-refractivity contribution in [3.63, 3.8) is 0 Å². The molecule has 2 aromatic heterocycles. The SMILES string of the molecule is O=c1cc(NCCc2ncn[nH]2)nc(C2CC2)[nH]1. The second kappa shape index (κ2) is 4.59. The number of aromatic amines is 2. The fourth-order valence-electron chi connectivity index (χ4n) is 1.78. The fourth-order valence-corrected chi connectivity index (χ4v) is 1.78. The van der Waals surface area contributed by atoms with Crippen molar-refractivity contribution in [3.8, 4) is 0 Å². The summed E-state index contributed by atoms with van der Waals surface area (Å²) in [6, 6.07) is 1.48. The molecule has 0 bridgehead atoms. The molecule has 2 aromatic rings. The third-order valence-corrected chi connectivity index (χ3v) is 2.86. The van der Waals surface area contributed by atoms with Crippen LogP contribution >= 0.6 is 0 Å². The Balaban J connectivity index is 1.63. The first-order valence-electron chi connectivity index (χ1n) is 6.00. The van der Waals surface area contributed by atoms with Crippen molar-refractivity contribution in [1.82, 2.24) is 25.1 Å². The molecule has 0 aliphatic heterocycles. The molecule has 94 valence electrons. The molecule has 0 unspecified atom stereocenters. The minimum atomic E-state index is -0.103. The topological polar surface area (TPSA) is 99.3 Å². The average Bonchev–Trinajstić information content (AvgIpc) is 3.08. The van der Waals surface area contributed by atoms with Gasteiger partial charge in [0, 0.05) is 24.9 Å². The molecule has 1 saturated carbocycles. The molecule has 0 spiro atoms. The third-order valence-electron chi connectivity index (χ3n) is 2.86. The van der Waals surface area contributed by atoms with Crippen LogP contribution in [0.25, 0.3) is 0 Å².